The molecule has 0 aliphatic heterocycles. The zero-order chi connectivity index (χ0) is 16.8. The summed E-state index contributed by atoms with van der Waals surface area (Å²) in [5.41, 5.74) is 0.828. The zero-order valence-electron chi connectivity index (χ0n) is 13.8. The average Bonchev–Trinajstić information content (AvgIpc) is 2.94. The largest absolute Gasteiger partial charge is 0.489 e. The van der Waals surface area contributed by atoms with Gasteiger partial charge in [-0.3, -0.25) is 9.48 Å². The molecule has 0 fully saturated rings. The fourth-order valence-corrected chi connectivity index (χ4v) is 2.44. The van der Waals surface area contributed by atoms with Crippen LogP contribution >= 0.6 is 28.3 Å². The number of carbonyl (C=O) groups excluding carboxylic acids is 1. The van der Waals surface area contributed by atoms with Crippen molar-refractivity contribution in [1.29, 1.82) is 0 Å². The molecule has 1 aromatic carbocycles. The van der Waals surface area contributed by atoms with Gasteiger partial charge in [0.05, 0.1) is 12.7 Å². The molecule has 1 aromatic heterocycles. The summed E-state index contributed by atoms with van der Waals surface area (Å²) in [6, 6.07) is 7.17. The summed E-state index contributed by atoms with van der Waals surface area (Å²) in [5, 5.41) is 9.99. The number of carbonyl (C=O) groups is 1. The number of aryl methyl sites for hydroxylation is 1. The second-order valence-electron chi connectivity index (χ2n) is 5.30. The van der Waals surface area contributed by atoms with Crippen LogP contribution in [-0.4, -0.2) is 35.4 Å². The minimum Gasteiger partial charge on any atom is -0.489 e. The molecule has 2 unspecified atom stereocenters. The third kappa shape index (κ3) is 5.81. The third-order valence-corrected chi connectivity index (χ3v) is 3.85. The number of hydrogen-bond donors (Lipinski definition) is 2. The molecule has 2 aromatic rings. The van der Waals surface area contributed by atoms with Gasteiger partial charge in [-0.25, -0.2) is 0 Å². The summed E-state index contributed by atoms with van der Waals surface area (Å²) in [6.07, 6.45) is 3.37. The van der Waals surface area contributed by atoms with E-state index < -0.39 is 6.04 Å². The number of benzene rings is 1. The van der Waals surface area contributed by atoms with Crippen LogP contribution in [0.5, 0.6) is 5.75 Å². The Balaban J connectivity index is 0.00000288. The van der Waals surface area contributed by atoms with E-state index in [0.717, 1.165) is 15.8 Å². The average molecular weight is 418 g/mol. The molecular formula is C16H22BrClN4O2. The van der Waals surface area contributed by atoms with Gasteiger partial charge in [0.2, 0.25) is 5.91 Å². The Morgan fingerprint density at radius 2 is 2.04 bits per heavy atom. The lowest BCUT2D eigenvalue weighted by Gasteiger charge is -2.18. The second-order valence-corrected chi connectivity index (χ2v) is 6.21. The molecule has 24 heavy (non-hydrogen) atoms. The Kier molecular flexibility index (Phi) is 8.24. The third-order valence-electron chi connectivity index (χ3n) is 3.32. The van der Waals surface area contributed by atoms with Gasteiger partial charge in [0.25, 0.3) is 0 Å². The molecule has 6 nitrogen and oxygen atoms in total. The van der Waals surface area contributed by atoms with Crippen molar-refractivity contribution in [3.05, 3.63) is 46.7 Å². The van der Waals surface area contributed by atoms with Crippen molar-refractivity contribution < 1.29 is 9.53 Å². The van der Waals surface area contributed by atoms with Gasteiger partial charge in [-0.2, -0.15) is 5.10 Å². The first-order chi connectivity index (χ1) is 11.0. The minimum atomic E-state index is -0.427. The van der Waals surface area contributed by atoms with Crippen LogP contribution in [0.15, 0.2) is 41.1 Å². The summed E-state index contributed by atoms with van der Waals surface area (Å²) < 4.78 is 8.44. The van der Waals surface area contributed by atoms with Crippen molar-refractivity contribution in [1.82, 2.24) is 20.4 Å². The molecule has 0 saturated carbocycles. The molecule has 0 aliphatic carbocycles. The smallest absolute Gasteiger partial charge is 0.241 e. The summed E-state index contributed by atoms with van der Waals surface area (Å²) in [4.78, 5) is 12.3. The molecular weight excluding hydrogens is 396 g/mol. The van der Waals surface area contributed by atoms with Crippen molar-refractivity contribution in [2.75, 3.05) is 13.6 Å². The van der Waals surface area contributed by atoms with E-state index in [0.29, 0.717) is 6.54 Å². The highest BCUT2D eigenvalue weighted by molar-refractivity contribution is 9.10. The fourth-order valence-electron chi connectivity index (χ4n) is 2.17. The standard InChI is InChI=1S/C16H21BrN4O2.ClH/c1-11(23-14-6-4-13(17)5-7-14)8-19-16(22)15(18-2)12-9-20-21(3)10-12;/h4-7,9-11,15,18H,8H2,1-3H3,(H,19,22);1H. The van der Waals surface area contributed by atoms with Crippen LogP contribution in [0.25, 0.3) is 0 Å². The molecule has 8 heteroatoms. The number of halogens is 2. The zero-order valence-corrected chi connectivity index (χ0v) is 16.2. The van der Waals surface area contributed by atoms with E-state index in [2.05, 4.69) is 31.7 Å². The number of aromatic nitrogens is 2. The Morgan fingerprint density at radius 3 is 2.58 bits per heavy atom. The summed E-state index contributed by atoms with van der Waals surface area (Å²) >= 11 is 3.38. The molecule has 0 aliphatic rings. The van der Waals surface area contributed by atoms with Gasteiger partial charge < -0.3 is 15.4 Å². The molecule has 0 radical (unpaired) electrons. The van der Waals surface area contributed by atoms with Gasteiger partial charge in [-0.05, 0) is 38.2 Å². The molecule has 2 rings (SSSR count). The molecule has 0 bridgehead atoms. The molecule has 1 heterocycles. The SMILES string of the molecule is CNC(C(=O)NCC(C)Oc1ccc(Br)cc1)c1cnn(C)c1.Cl. The number of likely N-dealkylation sites (N-methyl/N-ethyl adjacent to an activating group) is 1. The van der Waals surface area contributed by atoms with Crippen LogP contribution in [0.3, 0.4) is 0 Å². The predicted octanol–water partition coefficient (Wildman–Crippen LogP) is 2.45. The molecule has 2 N–H and O–H groups in total. The van der Waals surface area contributed by atoms with Crippen LogP contribution in [-0.2, 0) is 11.8 Å². The first-order valence-corrected chi connectivity index (χ1v) is 8.14. The normalized spacial score (nSPS) is 12.8. The molecule has 1 amide bonds. The topological polar surface area (TPSA) is 68.2 Å². The van der Waals surface area contributed by atoms with Crippen molar-refractivity contribution in [3.63, 3.8) is 0 Å². The molecule has 0 saturated heterocycles. The maximum absolute atomic E-state index is 12.3. The predicted molar refractivity (Wildman–Crippen MR) is 99.5 cm³/mol. The van der Waals surface area contributed by atoms with E-state index in [4.69, 9.17) is 4.74 Å². The van der Waals surface area contributed by atoms with E-state index in [1.165, 1.54) is 0 Å². The van der Waals surface area contributed by atoms with Crippen LogP contribution < -0.4 is 15.4 Å². The van der Waals surface area contributed by atoms with Gasteiger partial charge in [0, 0.05) is 23.3 Å². The number of nitrogens with zero attached hydrogens (tertiary/aromatic N) is 2. The second kappa shape index (κ2) is 9.66. The summed E-state index contributed by atoms with van der Waals surface area (Å²) in [5.74, 6) is 0.666. The Labute approximate surface area is 156 Å². The van der Waals surface area contributed by atoms with E-state index in [1.54, 1.807) is 17.9 Å². The van der Waals surface area contributed by atoms with E-state index in [9.17, 15) is 4.79 Å². The lowest BCUT2D eigenvalue weighted by Crippen LogP contribution is -2.40. The van der Waals surface area contributed by atoms with E-state index in [-0.39, 0.29) is 24.4 Å². The minimum absolute atomic E-state index is 0. The van der Waals surface area contributed by atoms with Crippen LogP contribution in [0.1, 0.15) is 18.5 Å². The number of ether oxygens (including phenoxy) is 1. The summed E-state index contributed by atoms with van der Waals surface area (Å²) in [6.45, 7) is 2.34. The quantitative estimate of drug-likeness (QED) is 0.726. The maximum Gasteiger partial charge on any atom is 0.241 e. The fraction of sp³-hybridized carbons (Fsp3) is 0.375. The van der Waals surface area contributed by atoms with Crippen molar-refractivity contribution in [2.45, 2.75) is 19.1 Å². The maximum atomic E-state index is 12.3. The Morgan fingerprint density at radius 1 is 1.38 bits per heavy atom. The number of amides is 1. The first-order valence-electron chi connectivity index (χ1n) is 7.35. The van der Waals surface area contributed by atoms with Crippen LogP contribution in [0.2, 0.25) is 0 Å². The van der Waals surface area contributed by atoms with Gasteiger partial charge in [0.1, 0.15) is 17.9 Å². The monoisotopic (exact) mass is 416 g/mol. The van der Waals surface area contributed by atoms with Gasteiger partial charge in [-0.15, -0.1) is 12.4 Å². The molecule has 0 spiro atoms. The Bertz CT molecular complexity index is 648. The van der Waals surface area contributed by atoms with Crippen molar-refractivity contribution in [2.24, 2.45) is 7.05 Å². The summed E-state index contributed by atoms with van der Waals surface area (Å²) in [7, 11) is 3.57. The highest BCUT2D eigenvalue weighted by Crippen LogP contribution is 2.17. The highest BCUT2D eigenvalue weighted by atomic mass is 79.9. The van der Waals surface area contributed by atoms with Gasteiger partial charge >= 0.3 is 0 Å². The van der Waals surface area contributed by atoms with Crippen molar-refractivity contribution >= 4 is 34.2 Å². The van der Waals surface area contributed by atoms with E-state index >= 15 is 0 Å². The van der Waals surface area contributed by atoms with Crippen LogP contribution in [0.4, 0.5) is 0 Å². The van der Waals surface area contributed by atoms with Crippen LogP contribution in [0, 0.1) is 0 Å². The Hall–Kier alpha value is -1.57. The lowest BCUT2D eigenvalue weighted by atomic mass is 10.1. The van der Waals surface area contributed by atoms with Crippen molar-refractivity contribution in [3.8, 4) is 5.75 Å². The number of rotatable bonds is 7. The van der Waals surface area contributed by atoms with Gasteiger partial charge in [0.15, 0.2) is 0 Å². The number of nitrogens with one attached hydrogen (secondary N) is 2. The van der Waals surface area contributed by atoms with Gasteiger partial charge in [-0.1, -0.05) is 15.9 Å². The molecule has 132 valence electrons. The highest BCUT2D eigenvalue weighted by Gasteiger charge is 2.20. The first kappa shape index (κ1) is 20.5. The van der Waals surface area contributed by atoms with E-state index in [1.807, 2.05) is 44.4 Å². The molecule has 2 atom stereocenters. The lowest BCUT2D eigenvalue weighted by molar-refractivity contribution is -0.123. The number of hydrogen-bond acceptors (Lipinski definition) is 4.